The fourth-order valence-electron chi connectivity index (χ4n) is 3.09. The van der Waals surface area contributed by atoms with Gasteiger partial charge in [-0.25, -0.2) is 0 Å². The van der Waals surface area contributed by atoms with Gasteiger partial charge in [-0.1, -0.05) is 42.5 Å². The third-order valence-corrected chi connectivity index (χ3v) is 4.11. The van der Waals surface area contributed by atoms with Crippen molar-refractivity contribution in [2.24, 2.45) is 0 Å². The maximum atomic E-state index is 3.38. The van der Waals surface area contributed by atoms with Crippen LogP contribution in [0.2, 0.25) is 0 Å². The van der Waals surface area contributed by atoms with Crippen molar-refractivity contribution in [2.75, 3.05) is 11.9 Å². The van der Waals surface area contributed by atoms with Crippen LogP contribution in [-0.4, -0.2) is 12.0 Å². The van der Waals surface area contributed by atoms with Crippen molar-refractivity contribution in [3.05, 3.63) is 78.1 Å². The fourth-order valence-corrected chi connectivity index (χ4v) is 3.09. The monoisotopic (exact) mass is 260 g/mol. The first kappa shape index (κ1) is 11.4. The van der Waals surface area contributed by atoms with Crippen molar-refractivity contribution in [1.82, 2.24) is 4.98 Å². The Morgan fingerprint density at radius 1 is 0.950 bits per heavy atom. The molecule has 0 unspecified atom stereocenters. The van der Waals surface area contributed by atoms with Gasteiger partial charge in [0.2, 0.25) is 0 Å². The van der Waals surface area contributed by atoms with Gasteiger partial charge in [-0.05, 0) is 23.3 Å². The predicted octanol–water partition coefficient (Wildman–Crippen LogP) is 4.26. The van der Waals surface area contributed by atoms with E-state index in [0.29, 0.717) is 5.92 Å². The standard InChI is InChI=1S/C18H16N2/c1-20-11-10-13(15-7-3-5-9-18(15)20)16-12-19-17-8-4-2-6-14(16)17/h2-13,19H,1H3/t13-/m1/s1. The Morgan fingerprint density at radius 3 is 2.70 bits per heavy atom. The van der Waals surface area contributed by atoms with Crippen LogP contribution in [-0.2, 0) is 0 Å². The number of nitrogens with one attached hydrogen (secondary N) is 1. The largest absolute Gasteiger partial charge is 0.361 e. The number of aromatic amines is 1. The quantitative estimate of drug-likeness (QED) is 0.692. The molecule has 1 aliphatic heterocycles. The lowest BCUT2D eigenvalue weighted by atomic mass is 9.88. The highest BCUT2D eigenvalue weighted by atomic mass is 15.1. The van der Waals surface area contributed by atoms with Gasteiger partial charge in [0.15, 0.2) is 0 Å². The zero-order chi connectivity index (χ0) is 13.5. The molecule has 0 saturated carbocycles. The molecule has 0 saturated heterocycles. The summed E-state index contributed by atoms with van der Waals surface area (Å²) in [5.41, 5.74) is 5.19. The lowest BCUT2D eigenvalue weighted by Crippen LogP contribution is -2.17. The smallest absolute Gasteiger partial charge is 0.0457 e. The number of anilines is 1. The normalized spacial score (nSPS) is 17.4. The molecule has 2 nitrogen and oxygen atoms in total. The number of allylic oxidation sites excluding steroid dienone is 1. The van der Waals surface area contributed by atoms with E-state index in [1.165, 1.54) is 27.7 Å². The summed E-state index contributed by atoms with van der Waals surface area (Å²) in [6, 6.07) is 17.1. The predicted molar refractivity (Wildman–Crippen MR) is 84.1 cm³/mol. The number of nitrogens with zero attached hydrogens (tertiary/aromatic N) is 1. The number of rotatable bonds is 1. The summed E-state index contributed by atoms with van der Waals surface area (Å²) in [6.45, 7) is 0. The van der Waals surface area contributed by atoms with Crippen LogP contribution in [0.5, 0.6) is 0 Å². The van der Waals surface area contributed by atoms with Gasteiger partial charge in [0.05, 0.1) is 0 Å². The molecule has 0 radical (unpaired) electrons. The number of aromatic nitrogens is 1. The molecule has 0 spiro atoms. The van der Waals surface area contributed by atoms with Crippen LogP contribution in [0, 0.1) is 0 Å². The first-order chi connectivity index (χ1) is 9.84. The summed E-state index contributed by atoms with van der Waals surface area (Å²) in [5, 5.41) is 1.31. The van der Waals surface area contributed by atoms with E-state index < -0.39 is 0 Å². The Hall–Kier alpha value is -2.48. The first-order valence-corrected chi connectivity index (χ1v) is 6.91. The highest BCUT2D eigenvalue weighted by molar-refractivity contribution is 5.85. The van der Waals surface area contributed by atoms with Gasteiger partial charge < -0.3 is 9.88 Å². The van der Waals surface area contributed by atoms with E-state index in [9.17, 15) is 0 Å². The Morgan fingerprint density at radius 2 is 1.75 bits per heavy atom. The topological polar surface area (TPSA) is 19.0 Å². The molecule has 1 aliphatic rings. The van der Waals surface area contributed by atoms with Crippen LogP contribution < -0.4 is 4.90 Å². The number of fused-ring (bicyclic) bond motifs is 2. The van der Waals surface area contributed by atoms with Crippen LogP contribution in [0.25, 0.3) is 10.9 Å². The fraction of sp³-hybridized carbons (Fsp3) is 0.111. The Labute approximate surface area is 118 Å². The second-order valence-electron chi connectivity index (χ2n) is 5.28. The highest BCUT2D eigenvalue weighted by Gasteiger charge is 2.22. The van der Waals surface area contributed by atoms with Gasteiger partial charge in [0.1, 0.15) is 0 Å². The van der Waals surface area contributed by atoms with Gasteiger partial charge in [-0.3, -0.25) is 0 Å². The van der Waals surface area contributed by atoms with Crippen molar-refractivity contribution in [2.45, 2.75) is 5.92 Å². The summed E-state index contributed by atoms with van der Waals surface area (Å²) in [4.78, 5) is 5.56. The van der Waals surface area contributed by atoms with E-state index in [1.54, 1.807) is 0 Å². The number of benzene rings is 2. The summed E-state index contributed by atoms with van der Waals surface area (Å²) in [5.74, 6) is 0.318. The molecular weight excluding hydrogens is 244 g/mol. The maximum absolute atomic E-state index is 3.38. The highest BCUT2D eigenvalue weighted by Crippen LogP contribution is 2.39. The van der Waals surface area contributed by atoms with E-state index in [1.807, 2.05) is 0 Å². The number of para-hydroxylation sites is 2. The average molecular weight is 260 g/mol. The number of hydrogen-bond donors (Lipinski definition) is 1. The van der Waals surface area contributed by atoms with Crippen molar-refractivity contribution in [3.8, 4) is 0 Å². The third kappa shape index (κ3) is 1.58. The molecule has 2 heteroatoms. The molecule has 1 aromatic heterocycles. The molecule has 0 amide bonds. The molecule has 0 bridgehead atoms. The molecule has 2 heterocycles. The van der Waals surface area contributed by atoms with Crippen molar-refractivity contribution >= 4 is 16.6 Å². The molecule has 1 atom stereocenters. The lowest BCUT2D eigenvalue weighted by Gasteiger charge is -2.27. The molecule has 98 valence electrons. The summed E-state index contributed by atoms with van der Waals surface area (Å²) in [7, 11) is 2.10. The Bertz CT molecular complexity index is 798. The summed E-state index contributed by atoms with van der Waals surface area (Å²) >= 11 is 0. The average Bonchev–Trinajstić information content (AvgIpc) is 2.92. The minimum atomic E-state index is 0.318. The van der Waals surface area contributed by atoms with E-state index in [4.69, 9.17) is 0 Å². The van der Waals surface area contributed by atoms with Crippen molar-refractivity contribution in [3.63, 3.8) is 0 Å². The molecule has 3 aromatic rings. The number of hydrogen-bond acceptors (Lipinski definition) is 1. The van der Waals surface area contributed by atoms with Crippen LogP contribution in [0.4, 0.5) is 5.69 Å². The second-order valence-corrected chi connectivity index (χ2v) is 5.28. The molecular formula is C18H16N2. The van der Waals surface area contributed by atoms with E-state index >= 15 is 0 Å². The van der Waals surface area contributed by atoms with Crippen molar-refractivity contribution in [1.29, 1.82) is 0 Å². The van der Waals surface area contributed by atoms with Gasteiger partial charge in [0, 0.05) is 42.0 Å². The van der Waals surface area contributed by atoms with Gasteiger partial charge in [-0.2, -0.15) is 0 Å². The minimum absolute atomic E-state index is 0.318. The summed E-state index contributed by atoms with van der Waals surface area (Å²) < 4.78 is 0. The van der Waals surface area contributed by atoms with Gasteiger partial charge in [-0.15, -0.1) is 0 Å². The molecule has 2 aromatic carbocycles. The van der Waals surface area contributed by atoms with E-state index in [2.05, 4.69) is 83.9 Å². The molecule has 1 N–H and O–H groups in total. The Kier molecular flexibility index (Phi) is 2.43. The maximum Gasteiger partial charge on any atom is 0.0457 e. The molecule has 4 rings (SSSR count). The van der Waals surface area contributed by atoms with Gasteiger partial charge in [0.25, 0.3) is 0 Å². The third-order valence-electron chi connectivity index (χ3n) is 4.11. The van der Waals surface area contributed by atoms with Crippen LogP contribution >= 0.6 is 0 Å². The minimum Gasteiger partial charge on any atom is -0.361 e. The van der Waals surface area contributed by atoms with E-state index in [0.717, 1.165) is 0 Å². The van der Waals surface area contributed by atoms with E-state index in [-0.39, 0.29) is 0 Å². The number of H-pyrrole nitrogens is 1. The lowest BCUT2D eigenvalue weighted by molar-refractivity contribution is 0.973. The first-order valence-electron chi connectivity index (χ1n) is 6.91. The van der Waals surface area contributed by atoms with Crippen LogP contribution in [0.1, 0.15) is 17.0 Å². The second kappa shape index (κ2) is 4.27. The van der Waals surface area contributed by atoms with Crippen LogP contribution in [0.15, 0.2) is 67.0 Å². The zero-order valence-electron chi connectivity index (χ0n) is 11.4. The van der Waals surface area contributed by atoms with Crippen molar-refractivity contribution < 1.29 is 0 Å². The van der Waals surface area contributed by atoms with Crippen LogP contribution in [0.3, 0.4) is 0 Å². The zero-order valence-corrected chi connectivity index (χ0v) is 11.4. The summed E-state index contributed by atoms with van der Waals surface area (Å²) in [6.07, 6.45) is 6.58. The Balaban J connectivity index is 1.93. The SMILES string of the molecule is CN1C=C[C@@H](c2c[nH]c3ccccc23)c2ccccc21. The molecule has 20 heavy (non-hydrogen) atoms. The molecule has 0 aliphatic carbocycles. The van der Waals surface area contributed by atoms with Gasteiger partial charge >= 0.3 is 0 Å². The molecule has 0 fully saturated rings.